The van der Waals surface area contributed by atoms with Gasteiger partial charge < -0.3 is 16.4 Å². The van der Waals surface area contributed by atoms with E-state index in [0.717, 1.165) is 16.8 Å². The molecule has 0 heterocycles. The van der Waals surface area contributed by atoms with Crippen molar-refractivity contribution >= 4 is 23.2 Å². The molecule has 21 heavy (non-hydrogen) atoms. The van der Waals surface area contributed by atoms with Crippen molar-refractivity contribution in [1.29, 1.82) is 5.41 Å². The normalized spacial score (nSPS) is 9.95. The minimum Gasteiger partial charge on any atom is -0.387 e. The van der Waals surface area contributed by atoms with Crippen LogP contribution in [0.1, 0.15) is 11.1 Å². The number of carbonyl (C=O) groups excluding carboxylic acids is 1. The largest absolute Gasteiger partial charge is 0.387 e. The Bertz CT molecular complexity index is 632. The highest BCUT2D eigenvalue weighted by Gasteiger charge is 2.03. The highest BCUT2D eigenvalue weighted by atomic mass is 16.2. The van der Waals surface area contributed by atoms with Crippen molar-refractivity contribution in [2.45, 2.75) is 13.3 Å². The van der Waals surface area contributed by atoms with Gasteiger partial charge in [-0.25, -0.2) is 4.79 Å². The van der Waals surface area contributed by atoms with Gasteiger partial charge in [0.15, 0.2) is 0 Å². The Balaban J connectivity index is 1.93. The molecule has 0 aliphatic carbocycles. The molecule has 5 heteroatoms. The fourth-order valence-corrected chi connectivity index (χ4v) is 1.86. The van der Waals surface area contributed by atoms with Crippen LogP contribution >= 0.6 is 0 Å². The first-order valence-electron chi connectivity index (χ1n) is 6.59. The SMILES string of the molecule is Cc1ccc(NC(=O)Nc2ccc(CC(=N)N)cc2)cc1. The molecule has 2 aromatic carbocycles. The zero-order valence-electron chi connectivity index (χ0n) is 11.8. The van der Waals surface area contributed by atoms with Gasteiger partial charge in [0, 0.05) is 17.8 Å². The number of anilines is 2. The first-order chi connectivity index (χ1) is 10.0. The van der Waals surface area contributed by atoms with E-state index < -0.39 is 0 Å². The van der Waals surface area contributed by atoms with Crippen LogP contribution in [0.2, 0.25) is 0 Å². The van der Waals surface area contributed by atoms with Crippen LogP contribution in [0, 0.1) is 12.3 Å². The molecule has 5 nitrogen and oxygen atoms in total. The average molecular weight is 282 g/mol. The van der Waals surface area contributed by atoms with Crippen molar-refractivity contribution in [2.24, 2.45) is 5.73 Å². The fraction of sp³-hybridized carbons (Fsp3) is 0.125. The van der Waals surface area contributed by atoms with E-state index in [1.54, 1.807) is 12.1 Å². The number of urea groups is 1. The Hall–Kier alpha value is -2.82. The predicted molar refractivity (Wildman–Crippen MR) is 85.9 cm³/mol. The first kappa shape index (κ1) is 14.6. The maximum absolute atomic E-state index is 11.9. The van der Waals surface area contributed by atoms with E-state index in [2.05, 4.69) is 10.6 Å². The van der Waals surface area contributed by atoms with Gasteiger partial charge in [-0.05, 0) is 36.8 Å². The Morgan fingerprint density at radius 2 is 1.48 bits per heavy atom. The number of amides is 2. The van der Waals surface area contributed by atoms with Crippen molar-refractivity contribution < 1.29 is 4.79 Å². The number of rotatable bonds is 4. The lowest BCUT2D eigenvalue weighted by Gasteiger charge is -2.08. The van der Waals surface area contributed by atoms with Gasteiger partial charge >= 0.3 is 6.03 Å². The smallest absolute Gasteiger partial charge is 0.323 e. The van der Waals surface area contributed by atoms with Crippen LogP contribution < -0.4 is 16.4 Å². The molecule has 2 rings (SSSR count). The van der Waals surface area contributed by atoms with Crippen molar-refractivity contribution in [2.75, 3.05) is 10.6 Å². The van der Waals surface area contributed by atoms with Gasteiger partial charge in [-0.3, -0.25) is 5.41 Å². The quantitative estimate of drug-likeness (QED) is 0.512. The van der Waals surface area contributed by atoms with Crippen molar-refractivity contribution in [3.63, 3.8) is 0 Å². The fourth-order valence-electron chi connectivity index (χ4n) is 1.86. The molecule has 0 aliphatic heterocycles. The summed E-state index contributed by atoms with van der Waals surface area (Å²) >= 11 is 0. The van der Waals surface area contributed by atoms with Gasteiger partial charge in [0.1, 0.15) is 0 Å². The van der Waals surface area contributed by atoms with E-state index in [1.807, 2.05) is 43.3 Å². The summed E-state index contributed by atoms with van der Waals surface area (Å²) in [6, 6.07) is 14.5. The second kappa shape index (κ2) is 6.56. The average Bonchev–Trinajstić information content (AvgIpc) is 2.43. The Morgan fingerprint density at radius 1 is 1.00 bits per heavy atom. The molecule has 0 spiro atoms. The first-order valence-corrected chi connectivity index (χ1v) is 6.59. The van der Waals surface area contributed by atoms with E-state index in [0.29, 0.717) is 12.1 Å². The third-order valence-corrected chi connectivity index (χ3v) is 2.92. The number of nitrogens with two attached hydrogens (primary N) is 1. The summed E-state index contributed by atoms with van der Waals surface area (Å²) in [5.74, 6) is 0.118. The van der Waals surface area contributed by atoms with Crippen molar-refractivity contribution in [1.82, 2.24) is 0 Å². The summed E-state index contributed by atoms with van der Waals surface area (Å²) in [7, 11) is 0. The van der Waals surface area contributed by atoms with E-state index in [1.165, 1.54) is 0 Å². The molecule has 0 saturated heterocycles. The van der Waals surface area contributed by atoms with Gasteiger partial charge in [0.25, 0.3) is 0 Å². The lowest BCUT2D eigenvalue weighted by Crippen LogP contribution is -2.19. The van der Waals surface area contributed by atoms with Crippen LogP contribution in [0.25, 0.3) is 0 Å². The highest BCUT2D eigenvalue weighted by Crippen LogP contribution is 2.12. The molecule has 0 fully saturated rings. The van der Waals surface area contributed by atoms with Gasteiger partial charge in [0.2, 0.25) is 0 Å². The van der Waals surface area contributed by atoms with E-state index in [-0.39, 0.29) is 11.9 Å². The molecule has 0 atom stereocenters. The van der Waals surface area contributed by atoms with Gasteiger partial charge in [-0.2, -0.15) is 0 Å². The van der Waals surface area contributed by atoms with Crippen molar-refractivity contribution in [3.05, 3.63) is 59.7 Å². The lowest BCUT2D eigenvalue weighted by atomic mass is 10.1. The molecule has 0 bridgehead atoms. The van der Waals surface area contributed by atoms with E-state index in [4.69, 9.17) is 11.1 Å². The summed E-state index contributed by atoms with van der Waals surface area (Å²) in [6.45, 7) is 1.99. The van der Waals surface area contributed by atoms with Crippen LogP contribution in [-0.4, -0.2) is 11.9 Å². The zero-order chi connectivity index (χ0) is 15.2. The van der Waals surface area contributed by atoms with Crippen LogP contribution in [-0.2, 0) is 6.42 Å². The topological polar surface area (TPSA) is 91.0 Å². The number of amidine groups is 1. The Labute approximate surface area is 123 Å². The predicted octanol–water partition coefficient (Wildman–Crippen LogP) is 3.12. The number of hydrogen-bond acceptors (Lipinski definition) is 2. The summed E-state index contributed by atoms with van der Waals surface area (Å²) in [5, 5.41) is 12.7. The number of aryl methyl sites for hydroxylation is 1. The van der Waals surface area contributed by atoms with Gasteiger partial charge in [-0.1, -0.05) is 29.8 Å². The number of carbonyl (C=O) groups is 1. The number of benzene rings is 2. The molecule has 2 aromatic rings. The summed E-state index contributed by atoms with van der Waals surface area (Å²) in [6.07, 6.45) is 0.413. The summed E-state index contributed by atoms with van der Waals surface area (Å²) in [5.41, 5.74) is 8.85. The molecule has 2 amide bonds. The summed E-state index contributed by atoms with van der Waals surface area (Å²) < 4.78 is 0. The molecular weight excluding hydrogens is 264 g/mol. The minimum absolute atomic E-state index is 0.118. The van der Waals surface area contributed by atoms with Crippen LogP contribution in [0.3, 0.4) is 0 Å². The Kier molecular flexibility index (Phi) is 4.56. The standard InChI is InChI=1S/C16H18N4O/c1-11-2-6-13(7-3-11)19-16(21)20-14-8-4-12(5-9-14)10-15(17)18/h2-9H,10H2,1H3,(H3,17,18)(H2,19,20,21). The number of hydrogen-bond donors (Lipinski definition) is 4. The molecule has 5 N–H and O–H groups in total. The molecular formula is C16H18N4O. The third kappa shape index (κ3) is 4.65. The van der Waals surface area contributed by atoms with E-state index in [9.17, 15) is 4.79 Å². The zero-order valence-corrected chi connectivity index (χ0v) is 11.8. The molecule has 0 aromatic heterocycles. The van der Waals surface area contributed by atoms with Crippen LogP contribution in [0.15, 0.2) is 48.5 Å². The molecule has 0 unspecified atom stereocenters. The van der Waals surface area contributed by atoms with Crippen LogP contribution in [0.5, 0.6) is 0 Å². The molecule has 0 saturated carbocycles. The maximum Gasteiger partial charge on any atom is 0.323 e. The Morgan fingerprint density at radius 3 is 1.95 bits per heavy atom. The maximum atomic E-state index is 11.9. The second-order valence-corrected chi connectivity index (χ2v) is 4.84. The minimum atomic E-state index is -0.293. The van der Waals surface area contributed by atoms with Crippen molar-refractivity contribution in [3.8, 4) is 0 Å². The molecule has 0 radical (unpaired) electrons. The van der Waals surface area contributed by atoms with Crippen LogP contribution in [0.4, 0.5) is 16.2 Å². The molecule has 108 valence electrons. The molecule has 0 aliphatic rings. The highest BCUT2D eigenvalue weighted by molar-refractivity contribution is 5.99. The van der Waals surface area contributed by atoms with Gasteiger partial charge in [-0.15, -0.1) is 0 Å². The second-order valence-electron chi connectivity index (χ2n) is 4.84. The number of nitrogens with one attached hydrogen (secondary N) is 3. The van der Waals surface area contributed by atoms with Gasteiger partial charge in [0.05, 0.1) is 5.84 Å². The lowest BCUT2D eigenvalue weighted by molar-refractivity contribution is 0.262. The monoisotopic (exact) mass is 282 g/mol. The third-order valence-electron chi connectivity index (χ3n) is 2.92. The summed E-state index contributed by atoms with van der Waals surface area (Å²) in [4.78, 5) is 11.9. The van der Waals surface area contributed by atoms with E-state index >= 15 is 0 Å².